The van der Waals surface area contributed by atoms with E-state index in [0.29, 0.717) is 12.6 Å². The highest BCUT2D eigenvalue weighted by Crippen LogP contribution is 2.28. The standard InChI is InChI=1S/C16H22BrNO3/c1-20-15-8-7-12(9-14(15)17)10-18(11-16(19)21-2)13-5-3-4-6-13/h7-9,13H,3-6,10-11H2,1-2H3. The predicted molar refractivity (Wildman–Crippen MR) is 85.4 cm³/mol. The van der Waals surface area contributed by atoms with E-state index >= 15 is 0 Å². The minimum Gasteiger partial charge on any atom is -0.496 e. The molecule has 2 rings (SSSR count). The summed E-state index contributed by atoms with van der Waals surface area (Å²) >= 11 is 3.51. The van der Waals surface area contributed by atoms with E-state index in [1.807, 2.05) is 12.1 Å². The van der Waals surface area contributed by atoms with Crippen molar-refractivity contribution in [3.8, 4) is 5.75 Å². The van der Waals surface area contributed by atoms with E-state index in [9.17, 15) is 4.79 Å². The molecule has 0 N–H and O–H groups in total. The molecule has 1 fully saturated rings. The molecule has 0 atom stereocenters. The highest BCUT2D eigenvalue weighted by molar-refractivity contribution is 9.10. The lowest BCUT2D eigenvalue weighted by Crippen LogP contribution is -2.37. The van der Waals surface area contributed by atoms with Crippen LogP contribution >= 0.6 is 15.9 Å². The first-order valence-electron chi connectivity index (χ1n) is 7.27. The Kier molecular flexibility index (Phi) is 6.06. The van der Waals surface area contributed by atoms with Crippen LogP contribution in [0, 0.1) is 0 Å². The summed E-state index contributed by atoms with van der Waals surface area (Å²) in [6.07, 6.45) is 4.81. The van der Waals surface area contributed by atoms with Crippen LogP contribution in [0.15, 0.2) is 22.7 Å². The molecule has 0 saturated heterocycles. The van der Waals surface area contributed by atoms with Crippen LogP contribution in [0.25, 0.3) is 0 Å². The molecule has 21 heavy (non-hydrogen) atoms. The molecule has 1 saturated carbocycles. The Bertz CT molecular complexity index is 486. The fraction of sp³-hybridized carbons (Fsp3) is 0.562. The van der Waals surface area contributed by atoms with Gasteiger partial charge in [0.2, 0.25) is 0 Å². The van der Waals surface area contributed by atoms with Gasteiger partial charge in [-0.3, -0.25) is 9.69 Å². The number of rotatable bonds is 6. The van der Waals surface area contributed by atoms with E-state index in [1.54, 1.807) is 7.11 Å². The zero-order valence-electron chi connectivity index (χ0n) is 12.6. The molecule has 116 valence electrons. The van der Waals surface area contributed by atoms with Crippen molar-refractivity contribution >= 4 is 21.9 Å². The second kappa shape index (κ2) is 7.80. The van der Waals surface area contributed by atoms with Crippen molar-refractivity contribution in [3.63, 3.8) is 0 Å². The first kappa shape index (κ1) is 16.3. The van der Waals surface area contributed by atoms with Gasteiger partial charge in [-0.05, 0) is 46.5 Å². The van der Waals surface area contributed by atoms with Crippen molar-refractivity contribution in [2.45, 2.75) is 38.3 Å². The van der Waals surface area contributed by atoms with Gasteiger partial charge in [0.25, 0.3) is 0 Å². The lowest BCUT2D eigenvalue weighted by molar-refractivity contribution is -0.142. The normalized spacial score (nSPS) is 15.4. The molecule has 0 radical (unpaired) electrons. The number of benzene rings is 1. The molecule has 0 spiro atoms. The highest BCUT2D eigenvalue weighted by Gasteiger charge is 2.24. The number of nitrogens with zero attached hydrogens (tertiary/aromatic N) is 1. The number of esters is 1. The largest absolute Gasteiger partial charge is 0.496 e. The minimum atomic E-state index is -0.172. The summed E-state index contributed by atoms with van der Waals surface area (Å²) in [6.45, 7) is 1.10. The minimum absolute atomic E-state index is 0.172. The highest BCUT2D eigenvalue weighted by atomic mass is 79.9. The van der Waals surface area contributed by atoms with E-state index in [-0.39, 0.29) is 5.97 Å². The first-order chi connectivity index (χ1) is 10.1. The Morgan fingerprint density at radius 1 is 1.33 bits per heavy atom. The van der Waals surface area contributed by atoms with Crippen LogP contribution in [-0.4, -0.2) is 37.7 Å². The molecular formula is C16H22BrNO3. The predicted octanol–water partition coefficient (Wildman–Crippen LogP) is 3.38. The average Bonchev–Trinajstić information content (AvgIpc) is 3.01. The average molecular weight is 356 g/mol. The first-order valence-corrected chi connectivity index (χ1v) is 8.06. The summed E-state index contributed by atoms with van der Waals surface area (Å²) in [5.41, 5.74) is 1.17. The van der Waals surface area contributed by atoms with Crippen molar-refractivity contribution in [1.29, 1.82) is 0 Å². The van der Waals surface area contributed by atoms with Gasteiger partial charge in [0.15, 0.2) is 0 Å². The number of carbonyl (C=O) groups is 1. The molecular weight excluding hydrogens is 334 g/mol. The van der Waals surface area contributed by atoms with Crippen molar-refractivity contribution < 1.29 is 14.3 Å². The molecule has 0 aliphatic heterocycles. The van der Waals surface area contributed by atoms with E-state index in [4.69, 9.17) is 9.47 Å². The van der Waals surface area contributed by atoms with Gasteiger partial charge in [-0.25, -0.2) is 0 Å². The van der Waals surface area contributed by atoms with Gasteiger partial charge < -0.3 is 9.47 Å². The van der Waals surface area contributed by atoms with Gasteiger partial charge in [-0.2, -0.15) is 0 Å². The summed E-state index contributed by atoms with van der Waals surface area (Å²) in [7, 11) is 3.10. The zero-order valence-corrected chi connectivity index (χ0v) is 14.2. The van der Waals surface area contributed by atoms with Gasteiger partial charge in [0.1, 0.15) is 5.75 Å². The molecule has 1 aliphatic carbocycles. The van der Waals surface area contributed by atoms with Crippen LogP contribution < -0.4 is 4.74 Å². The maximum atomic E-state index is 11.6. The number of halogens is 1. The Labute approximate surface area is 134 Å². The van der Waals surface area contributed by atoms with Gasteiger partial charge in [-0.15, -0.1) is 0 Å². The summed E-state index contributed by atoms with van der Waals surface area (Å²) in [5, 5.41) is 0. The lowest BCUT2D eigenvalue weighted by Gasteiger charge is -2.27. The molecule has 0 amide bonds. The zero-order chi connectivity index (χ0) is 15.2. The smallest absolute Gasteiger partial charge is 0.319 e. The third-order valence-electron chi connectivity index (χ3n) is 4.00. The maximum Gasteiger partial charge on any atom is 0.319 e. The molecule has 0 heterocycles. The van der Waals surface area contributed by atoms with Crippen molar-refractivity contribution in [3.05, 3.63) is 28.2 Å². The molecule has 0 bridgehead atoms. The third-order valence-corrected chi connectivity index (χ3v) is 4.62. The van der Waals surface area contributed by atoms with E-state index < -0.39 is 0 Å². The SMILES string of the molecule is COC(=O)CN(Cc1ccc(OC)c(Br)c1)C1CCCC1. The number of hydrogen-bond donors (Lipinski definition) is 0. The fourth-order valence-corrected chi connectivity index (χ4v) is 3.44. The molecule has 4 nitrogen and oxygen atoms in total. The van der Waals surface area contributed by atoms with E-state index in [0.717, 1.165) is 29.6 Å². The topological polar surface area (TPSA) is 38.8 Å². The van der Waals surface area contributed by atoms with Crippen LogP contribution in [0.2, 0.25) is 0 Å². The maximum absolute atomic E-state index is 11.6. The van der Waals surface area contributed by atoms with Crippen molar-refractivity contribution in [2.75, 3.05) is 20.8 Å². The summed E-state index contributed by atoms with van der Waals surface area (Å²) in [4.78, 5) is 13.9. The Morgan fingerprint density at radius 2 is 2.05 bits per heavy atom. The molecule has 1 aromatic carbocycles. The summed E-state index contributed by atoms with van der Waals surface area (Å²) < 4.78 is 11.0. The number of methoxy groups -OCH3 is 2. The molecule has 1 aliphatic rings. The van der Waals surface area contributed by atoms with Crippen molar-refractivity contribution in [1.82, 2.24) is 4.90 Å². The molecule has 1 aromatic rings. The Morgan fingerprint density at radius 3 is 2.62 bits per heavy atom. The molecule has 0 unspecified atom stereocenters. The Hall–Kier alpha value is -1.07. The van der Waals surface area contributed by atoms with Crippen LogP contribution in [0.3, 0.4) is 0 Å². The van der Waals surface area contributed by atoms with E-state index in [1.165, 1.54) is 25.5 Å². The van der Waals surface area contributed by atoms with Crippen LogP contribution in [0.4, 0.5) is 0 Å². The quantitative estimate of drug-likeness (QED) is 0.733. The fourth-order valence-electron chi connectivity index (χ4n) is 2.86. The van der Waals surface area contributed by atoms with Gasteiger partial charge >= 0.3 is 5.97 Å². The van der Waals surface area contributed by atoms with Crippen molar-refractivity contribution in [2.24, 2.45) is 0 Å². The lowest BCUT2D eigenvalue weighted by atomic mass is 10.1. The third kappa shape index (κ3) is 4.45. The summed E-state index contributed by atoms with van der Waals surface area (Å²) in [6, 6.07) is 6.52. The number of carbonyl (C=O) groups excluding carboxylic acids is 1. The molecule has 0 aromatic heterocycles. The monoisotopic (exact) mass is 355 g/mol. The Balaban J connectivity index is 2.09. The van der Waals surface area contributed by atoms with Crippen LogP contribution in [0.1, 0.15) is 31.2 Å². The van der Waals surface area contributed by atoms with Gasteiger partial charge in [0, 0.05) is 12.6 Å². The van der Waals surface area contributed by atoms with E-state index in [2.05, 4.69) is 26.9 Å². The van der Waals surface area contributed by atoms with Gasteiger partial charge in [-0.1, -0.05) is 18.9 Å². The van der Waals surface area contributed by atoms with Crippen LogP contribution in [-0.2, 0) is 16.1 Å². The number of ether oxygens (including phenoxy) is 2. The molecule has 5 heteroatoms. The number of hydrogen-bond acceptors (Lipinski definition) is 4. The second-order valence-electron chi connectivity index (χ2n) is 5.39. The van der Waals surface area contributed by atoms with Gasteiger partial charge in [0.05, 0.1) is 25.2 Å². The second-order valence-corrected chi connectivity index (χ2v) is 6.24. The summed E-state index contributed by atoms with van der Waals surface area (Å²) in [5.74, 6) is 0.647. The van der Waals surface area contributed by atoms with Crippen LogP contribution in [0.5, 0.6) is 5.75 Å².